The van der Waals surface area contributed by atoms with Gasteiger partial charge >= 0.3 is 0 Å². The molecule has 2 atom stereocenters. The third-order valence-electron chi connectivity index (χ3n) is 6.10. The van der Waals surface area contributed by atoms with E-state index in [2.05, 4.69) is 5.32 Å². The first kappa shape index (κ1) is 24.3. The number of nitrogens with one attached hydrogen (secondary N) is 1. The van der Waals surface area contributed by atoms with E-state index in [1.165, 1.54) is 4.31 Å². The molecule has 174 valence electrons. The lowest BCUT2D eigenvalue weighted by atomic mass is 9.97. The summed E-state index contributed by atoms with van der Waals surface area (Å²) in [5, 5.41) is 3.13. The Hall–Kier alpha value is -2.38. The predicted octanol–water partition coefficient (Wildman–Crippen LogP) is 3.94. The van der Waals surface area contributed by atoms with Crippen molar-refractivity contribution in [3.05, 3.63) is 65.7 Å². The molecule has 0 aromatic heterocycles. The molecule has 0 saturated carbocycles. The lowest BCUT2D eigenvalue weighted by Crippen LogP contribution is -2.46. The molecule has 1 fully saturated rings. The lowest BCUT2D eigenvalue weighted by Gasteiger charge is -2.32. The van der Waals surface area contributed by atoms with Crippen LogP contribution < -0.4 is 10.1 Å². The van der Waals surface area contributed by atoms with Crippen LogP contribution in [0.4, 0.5) is 0 Å². The number of nitrogens with zero attached hydrogens (tertiary/aromatic N) is 1. The fourth-order valence-corrected chi connectivity index (χ4v) is 5.77. The van der Waals surface area contributed by atoms with E-state index < -0.39 is 10.0 Å². The summed E-state index contributed by atoms with van der Waals surface area (Å²) in [6.07, 6.45) is 3.48. The van der Waals surface area contributed by atoms with Gasteiger partial charge < -0.3 is 10.1 Å². The normalized spacial score (nSPS) is 18.1. The summed E-state index contributed by atoms with van der Waals surface area (Å²) >= 11 is 0. The van der Waals surface area contributed by atoms with Crippen LogP contribution in [0.5, 0.6) is 5.75 Å². The molecule has 1 aliphatic heterocycles. The van der Waals surface area contributed by atoms with Gasteiger partial charge in [-0.25, -0.2) is 12.7 Å². The minimum Gasteiger partial charge on any atom is -0.497 e. The molecular weight excluding hydrogens is 424 g/mol. The van der Waals surface area contributed by atoms with Crippen molar-refractivity contribution >= 4 is 15.9 Å². The van der Waals surface area contributed by atoms with E-state index in [9.17, 15) is 13.2 Å². The Morgan fingerprint density at radius 2 is 1.88 bits per heavy atom. The van der Waals surface area contributed by atoms with Crippen molar-refractivity contribution in [2.24, 2.45) is 5.92 Å². The molecule has 3 rings (SSSR count). The van der Waals surface area contributed by atoms with Crippen molar-refractivity contribution in [2.75, 3.05) is 26.0 Å². The van der Waals surface area contributed by atoms with Gasteiger partial charge in [0, 0.05) is 13.1 Å². The van der Waals surface area contributed by atoms with E-state index >= 15 is 0 Å². The summed E-state index contributed by atoms with van der Waals surface area (Å²) < 4.78 is 32.5. The van der Waals surface area contributed by atoms with Gasteiger partial charge in [0.2, 0.25) is 15.9 Å². The molecule has 2 aromatic rings. The number of ether oxygens (including phenoxy) is 1. The summed E-state index contributed by atoms with van der Waals surface area (Å²) in [5.74, 6) is 0.492. The van der Waals surface area contributed by atoms with Crippen LogP contribution in [0.15, 0.2) is 54.6 Å². The number of carbonyl (C=O) groups is 1. The molecule has 6 nitrogen and oxygen atoms in total. The van der Waals surface area contributed by atoms with Crippen LogP contribution in [0, 0.1) is 5.92 Å². The lowest BCUT2D eigenvalue weighted by molar-refractivity contribution is -0.126. The molecule has 1 heterocycles. The third kappa shape index (κ3) is 6.56. The molecular formula is C25H34N2O4S. The molecule has 1 N–H and O–H groups in total. The smallest absolute Gasteiger partial charge is 0.224 e. The zero-order valence-electron chi connectivity index (χ0n) is 19.0. The van der Waals surface area contributed by atoms with Crippen molar-refractivity contribution in [2.45, 2.75) is 45.1 Å². The summed E-state index contributed by atoms with van der Waals surface area (Å²) in [7, 11) is -1.75. The quantitative estimate of drug-likeness (QED) is 0.585. The number of rotatable bonds is 10. The number of amides is 1. The first-order valence-corrected chi connectivity index (χ1v) is 13.0. The second-order valence-electron chi connectivity index (χ2n) is 8.34. The first-order valence-electron chi connectivity index (χ1n) is 11.4. The standard InChI is InChI=1S/C25H34N2O4S/c1-3-24(21-13-15-23(31-2)16-14-21)26-25(28)22-12-7-17-27(19-22)32(29,30)18-8-11-20-9-5-4-6-10-20/h4-6,9-10,13-16,22,24H,3,7-8,11-12,17-19H2,1-2H3,(H,26,28)/t22-,24+/m1/s1. The van der Waals surface area contributed by atoms with Crippen LogP contribution in [-0.2, 0) is 21.2 Å². The minimum absolute atomic E-state index is 0.0724. The first-order chi connectivity index (χ1) is 15.4. The fourth-order valence-electron chi connectivity index (χ4n) is 4.19. The maximum absolute atomic E-state index is 13.0. The average Bonchev–Trinajstić information content (AvgIpc) is 2.83. The third-order valence-corrected chi connectivity index (χ3v) is 8.02. The second-order valence-corrected chi connectivity index (χ2v) is 10.4. The fraction of sp³-hybridized carbons (Fsp3) is 0.480. The second kappa shape index (κ2) is 11.5. The van der Waals surface area contributed by atoms with E-state index in [0.717, 1.165) is 29.7 Å². The highest BCUT2D eigenvalue weighted by Crippen LogP contribution is 2.24. The SMILES string of the molecule is CC[C@H](NC(=O)[C@@H]1CCCN(S(=O)(=O)CCCc2ccccc2)C1)c1ccc(OC)cc1. The Morgan fingerprint density at radius 3 is 2.53 bits per heavy atom. The minimum atomic E-state index is -3.37. The molecule has 0 bridgehead atoms. The Bertz CT molecular complexity index is 961. The van der Waals surface area contributed by atoms with Crippen LogP contribution in [0.2, 0.25) is 0 Å². The van der Waals surface area contributed by atoms with Gasteiger partial charge in [0.15, 0.2) is 0 Å². The number of piperidine rings is 1. The van der Waals surface area contributed by atoms with Crippen molar-refractivity contribution in [1.29, 1.82) is 0 Å². The van der Waals surface area contributed by atoms with Crippen LogP contribution in [0.3, 0.4) is 0 Å². The monoisotopic (exact) mass is 458 g/mol. The number of benzene rings is 2. The predicted molar refractivity (Wildman–Crippen MR) is 127 cm³/mol. The Kier molecular flexibility index (Phi) is 8.70. The van der Waals surface area contributed by atoms with Crippen molar-refractivity contribution in [3.63, 3.8) is 0 Å². The highest BCUT2D eigenvalue weighted by atomic mass is 32.2. The number of carbonyl (C=O) groups excluding carboxylic acids is 1. The number of sulfonamides is 1. The molecule has 0 spiro atoms. The molecule has 2 aromatic carbocycles. The Labute approximate surface area is 192 Å². The van der Waals surface area contributed by atoms with E-state index in [-0.39, 0.29) is 30.2 Å². The van der Waals surface area contributed by atoms with Gasteiger partial charge in [0.25, 0.3) is 0 Å². The zero-order chi connectivity index (χ0) is 23.0. The topological polar surface area (TPSA) is 75.7 Å². The highest BCUT2D eigenvalue weighted by molar-refractivity contribution is 7.89. The Morgan fingerprint density at radius 1 is 1.16 bits per heavy atom. The molecule has 0 radical (unpaired) electrons. The zero-order valence-corrected chi connectivity index (χ0v) is 19.8. The van der Waals surface area contributed by atoms with Crippen molar-refractivity contribution < 1.29 is 17.9 Å². The van der Waals surface area contributed by atoms with Gasteiger partial charge in [0.05, 0.1) is 24.8 Å². The van der Waals surface area contributed by atoms with Crippen LogP contribution in [-0.4, -0.2) is 44.6 Å². The molecule has 1 saturated heterocycles. The number of hydrogen-bond donors (Lipinski definition) is 1. The molecule has 1 aliphatic rings. The van der Waals surface area contributed by atoms with Gasteiger partial charge in [0.1, 0.15) is 5.75 Å². The van der Waals surface area contributed by atoms with Crippen molar-refractivity contribution in [1.82, 2.24) is 9.62 Å². The maximum atomic E-state index is 13.0. The van der Waals surface area contributed by atoms with Gasteiger partial charge in [-0.15, -0.1) is 0 Å². The molecule has 0 aliphatic carbocycles. The van der Waals surface area contributed by atoms with Crippen LogP contribution >= 0.6 is 0 Å². The molecule has 7 heteroatoms. The number of methoxy groups -OCH3 is 1. The largest absolute Gasteiger partial charge is 0.497 e. The van der Waals surface area contributed by atoms with Crippen LogP contribution in [0.25, 0.3) is 0 Å². The van der Waals surface area contributed by atoms with Crippen molar-refractivity contribution in [3.8, 4) is 5.75 Å². The van der Waals surface area contributed by atoms with Gasteiger partial charge in [-0.05, 0) is 55.4 Å². The molecule has 0 unspecified atom stereocenters. The summed E-state index contributed by atoms with van der Waals surface area (Å²) in [4.78, 5) is 13.0. The van der Waals surface area contributed by atoms with E-state index in [4.69, 9.17) is 4.74 Å². The number of aryl methyl sites for hydroxylation is 1. The van der Waals surface area contributed by atoms with E-state index in [1.54, 1.807) is 7.11 Å². The van der Waals surface area contributed by atoms with Crippen LogP contribution in [0.1, 0.15) is 49.8 Å². The van der Waals surface area contributed by atoms with E-state index in [1.807, 2.05) is 61.5 Å². The maximum Gasteiger partial charge on any atom is 0.224 e. The summed E-state index contributed by atoms with van der Waals surface area (Å²) in [6.45, 7) is 2.78. The highest BCUT2D eigenvalue weighted by Gasteiger charge is 2.32. The van der Waals surface area contributed by atoms with Gasteiger partial charge in [-0.1, -0.05) is 49.4 Å². The van der Waals surface area contributed by atoms with Gasteiger partial charge in [-0.2, -0.15) is 0 Å². The Balaban J connectivity index is 1.55. The van der Waals surface area contributed by atoms with E-state index in [0.29, 0.717) is 25.8 Å². The number of hydrogen-bond acceptors (Lipinski definition) is 4. The summed E-state index contributed by atoms with van der Waals surface area (Å²) in [5.41, 5.74) is 2.16. The molecule has 32 heavy (non-hydrogen) atoms. The van der Waals surface area contributed by atoms with Gasteiger partial charge in [-0.3, -0.25) is 4.79 Å². The average molecular weight is 459 g/mol. The molecule has 1 amide bonds. The summed E-state index contributed by atoms with van der Waals surface area (Å²) in [6, 6.07) is 17.5.